The molecule has 0 spiro atoms. The van der Waals surface area contributed by atoms with Crippen LogP contribution in [-0.4, -0.2) is 31.7 Å². The van der Waals surface area contributed by atoms with Gasteiger partial charge in [0.2, 0.25) is 0 Å². The fourth-order valence-corrected chi connectivity index (χ4v) is 5.73. The number of aryl methyl sites for hydroxylation is 1. The molecule has 0 aromatic heterocycles. The zero-order valence-electron chi connectivity index (χ0n) is 16.0. The third kappa shape index (κ3) is 3.11. The summed E-state index contributed by atoms with van der Waals surface area (Å²) in [7, 11) is -2.14. The van der Waals surface area contributed by atoms with Crippen molar-refractivity contribution in [1.29, 1.82) is 0 Å². The van der Waals surface area contributed by atoms with Gasteiger partial charge in [0.15, 0.2) is 0 Å². The van der Waals surface area contributed by atoms with Gasteiger partial charge in [0.05, 0.1) is 18.0 Å². The first kappa shape index (κ1) is 18.7. The Morgan fingerprint density at radius 3 is 2.50 bits per heavy atom. The van der Waals surface area contributed by atoms with Gasteiger partial charge in [-0.2, -0.15) is 0 Å². The Labute approximate surface area is 165 Å². The SMILES string of the molecule is COc1ccccc1C1=CN(S(=O)(=O)c2ccc(C)cc2)[C@H]2CC(=O)CC[C@@H]12. The summed E-state index contributed by atoms with van der Waals surface area (Å²) in [6, 6.07) is 14.1. The number of fused-ring (bicyclic) bond motifs is 1. The van der Waals surface area contributed by atoms with E-state index in [0.29, 0.717) is 18.6 Å². The Kier molecular flexibility index (Phi) is 4.75. The van der Waals surface area contributed by atoms with Crippen LogP contribution in [0.1, 0.15) is 30.4 Å². The summed E-state index contributed by atoms with van der Waals surface area (Å²) in [5, 5.41) is 0. The number of carbonyl (C=O) groups is 1. The molecule has 2 atom stereocenters. The van der Waals surface area contributed by atoms with E-state index in [1.54, 1.807) is 37.6 Å². The molecular weight excluding hydrogens is 374 g/mol. The lowest BCUT2D eigenvalue weighted by atomic mass is 9.79. The van der Waals surface area contributed by atoms with Crippen molar-refractivity contribution >= 4 is 21.4 Å². The van der Waals surface area contributed by atoms with E-state index in [-0.39, 0.29) is 29.1 Å². The molecule has 1 saturated carbocycles. The van der Waals surface area contributed by atoms with Gasteiger partial charge in [-0.3, -0.25) is 9.10 Å². The highest BCUT2D eigenvalue weighted by atomic mass is 32.2. The van der Waals surface area contributed by atoms with E-state index < -0.39 is 10.0 Å². The summed E-state index contributed by atoms with van der Waals surface area (Å²) < 4.78 is 33.7. The fourth-order valence-electron chi connectivity index (χ4n) is 4.18. The summed E-state index contributed by atoms with van der Waals surface area (Å²) >= 11 is 0. The molecule has 4 rings (SSSR count). The second kappa shape index (κ2) is 7.09. The van der Waals surface area contributed by atoms with E-state index in [1.165, 1.54) is 4.31 Å². The van der Waals surface area contributed by atoms with Crippen molar-refractivity contribution in [2.24, 2.45) is 5.92 Å². The number of nitrogens with zero attached hydrogens (tertiary/aromatic N) is 1. The van der Waals surface area contributed by atoms with Crippen LogP contribution >= 0.6 is 0 Å². The number of Topliss-reactive ketones (excluding diaryl/α,β-unsaturated/α-hetero) is 1. The highest BCUT2D eigenvalue weighted by Crippen LogP contribution is 2.46. The minimum absolute atomic E-state index is 0.0192. The van der Waals surface area contributed by atoms with Gasteiger partial charge in [0.25, 0.3) is 10.0 Å². The first-order chi connectivity index (χ1) is 13.4. The second-order valence-electron chi connectivity index (χ2n) is 7.39. The van der Waals surface area contributed by atoms with Gasteiger partial charge in [-0.1, -0.05) is 35.9 Å². The van der Waals surface area contributed by atoms with E-state index in [1.807, 2.05) is 31.2 Å². The number of rotatable bonds is 4. The number of carbonyl (C=O) groups excluding carboxylic acids is 1. The summed E-state index contributed by atoms with van der Waals surface area (Å²) in [6.07, 6.45) is 3.07. The molecule has 1 aliphatic carbocycles. The van der Waals surface area contributed by atoms with Crippen LogP contribution in [0.15, 0.2) is 59.6 Å². The number of sulfonamides is 1. The van der Waals surface area contributed by atoms with E-state index >= 15 is 0 Å². The third-order valence-corrected chi connectivity index (χ3v) is 7.44. The molecule has 1 fully saturated rings. The maximum Gasteiger partial charge on any atom is 0.264 e. The number of ether oxygens (including phenoxy) is 1. The van der Waals surface area contributed by atoms with Crippen LogP contribution in [0.4, 0.5) is 0 Å². The number of hydrogen-bond donors (Lipinski definition) is 0. The van der Waals surface area contributed by atoms with Crippen LogP contribution in [0.3, 0.4) is 0 Å². The van der Waals surface area contributed by atoms with Crippen LogP contribution in [0, 0.1) is 12.8 Å². The Hall–Kier alpha value is -2.60. The predicted molar refractivity (Wildman–Crippen MR) is 107 cm³/mol. The molecule has 0 N–H and O–H groups in total. The molecule has 2 aromatic carbocycles. The number of para-hydroxylation sites is 1. The second-order valence-corrected chi connectivity index (χ2v) is 9.23. The van der Waals surface area contributed by atoms with Crippen molar-refractivity contribution in [3.63, 3.8) is 0 Å². The van der Waals surface area contributed by atoms with Gasteiger partial charge in [-0.25, -0.2) is 8.42 Å². The Morgan fingerprint density at radius 1 is 1.07 bits per heavy atom. The van der Waals surface area contributed by atoms with Gasteiger partial charge in [0.1, 0.15) is 11.5 Å². The average molecular weight is 397 g/mol. The lowest BCUT2D eigenvalue weighted by Gasteiger charge is -2.32. The first-order valence-corrected chi connectivity index (χ1v) is 10.8. The topological polar surface area (TPSA) is 63.7 Å². The maximum atomic E-state index is 13.4. The normalized spacial score (nSPS) is 22.0. The van der Waals surface area contributed by atoms with Gasteiger partial charge in [-0.05, 0) is 37.1 Å². The van der Waals surface area contributed by atoms with Gasteiger partial charge in [0, 0.05) is 30.5 Å². The molecule has 1 aliphatic heterocycles. The van der Waals surface area contributed by atoms with E-state index in [0.717, 1.165) is 16.7 Å². The molecule has 0 saturated heterocycles. The third-order valence-electron chi connectivity index (χ3n) is 5.64. The molecule has 2 aromatic rings. The Balaban J connectivity index is 1.82. The number of ketones is 1. The van der Waals surface area contributed by atoms with Crippen LogP contribution in [-0.2, 0) is 14.8 Å². The molecule has 6 heteroatoms. The fraction of sp³-hybridized carbons (Fsp3) is 0.318. The maximum absolute atomic E-state index is 13.4. The Bertz CT molecular complexity index is 1040. The molecule has 0 bridgehead atoms. The zero-order chi connectivity index (χ0) is 19.9. The molecule has 0 amide bonds. The average Bonchev–Trinajstić information content (AvgIpc) is 3.07. The molecule has 28 heavy (non-hydrogen) atoms. The minimum Gasteiger partial charge on any atom is -0.496 e. The highest BCUT2D eigenvalue weighted by Gasteiger charge is 2.45. The van der Waals surface area contributed by atoms with Crippen molar-refractivity contribution < 1.29 is 17.9 Å². The molecule has 146 valence electrons. The van der Waals surface area contributed by atoms with Crippen LogP contribution in [0.25, 0.3) is 5.57 Å². The lowest BCUT2D eigenvalue weighted by Crippen LogP contribution is -2.40. The molecule has 5 nitrogen and oxygen atoms in total. The van der Waals surface area contributed by atoms with Gasteiger partial charge < -0.3 is 4.74 Å². The molecular formula is C22H23NO4S. The monoisotopic (exact) mass is 397 g/mol. The van der Waals surface area contributed by atoms with Crippen LogP contribution in [0.2, 0.25) is 0 Å². The highest BCUT2D eigenvalue weighted by molar-refractivity contribution is 7.89. The molecule has 0 unspecified atom stereocenters. The number of benzene rings is 2. The van der Waals surface area contributed by atoms with E-state index in [2.05, 4.69) is 0 Å². The zero-order valence-corrected chi connectivity index (χ0v) is 16.8. The quantitative estimate of drug-likeness (QED) is 0.787. The van der Waals surface area contributed by atoms with Crippen molar-refractivity contribution in [2.45, 2.75) is 37.1 Å². The van der Waals surface area contributed by atoms with Crippen LogP contribution in [0.5, 0.6) is 5.75 Å². The summed E-state index contributed by atoms with van der Waals surface area (Å²) in [5.74, 6) is 0.799. The van der Waals surface area contributed by atoms with Crippen LogP contribution < -0.4 is 4.74 Å². The number of methoxy groups -OCH3 is 1. The van der Waals surface area contributed by atoms with Gasteiger partial charge >= 0.3 is 0 Å². The van der Waals surface area contributed by atoms with Crippen molar-refractivity contribution in [3.8, 4) is 5.75 Å². The van der Waals surface area contributed by atoms with E-state index in [4.69, 9.17) is 4.74 Å². The standard InChI is InChI=1S/C22H23NO4S/c1-15-7-10-17(11-8-15)28(25,26)23-14-20(18-12-9-16(24)13-21(18)23)19-5-3-4-6-22(19)27-2/h3-8,10-11,14,18,21H,9,12-13H2,1-2H3/t18-,21-/m0/s1. The van der Waals surface area contributed by atoms with Crippen molar-refractivity contribution in [1.82, 2.24) is 4.31 Å². The lowest BCUT2D eigenvalue weighted by molar-refractivity contribution is -0.121. The number of hydrogen-bond acceptors (Lipinski definition) is 4. The summed E-state index contributed by atoms with van der Waals surface area (Å²) in [4.78, 5) is 12.4. The molecule has 2 aliphatic rings. The van der Waals surface area contributed by atoms with E-state index in [9.17, 15) is 13.2 Å². The first-order valence-electron chi connectivity index (χ1n) is 9.39. The summed E-state index contributed by atoms with van der Waals surface area (Å²) in [6.45, 7) is 1.92. The van der Waals surface area contributed by atoms with Crippen molar-refractivity contribution in [3.05, 3.63) is 65.9 Å². The predicted octanol–water partition coefficient (Wildman–Crippen LogP) is 3.79. The smallest absolute Gasteiger partial charge is 0.264 e. The largest absolute Gasteiger partial charge is 0.496 e. The van der Waals surface area contributed by atoms with Gasteiger partial charge in [-0.15, -0.1) is 0 Å². The minimum atomic E-state index is -3.75. The summed E-state index contributed by atoms with van der Waals surface area (Å²) in [5.41, 5.74) is 2.80. The molecule has 0 radical (unpaired) electrons. The molecule has 1 heterocycles. The Morgan fingerprint density at radius 2 is 1.79 bits per heavy atom. The van der Waals surface area contributed by atoms with Crippen molar-refractivity contribution in [2.75, 3.05) is 7.11 Å².